The number of carbonyl (C=O) groups is 1. The molecule has 0 aliphatic rings. The van der Waals surface area contributed by atoms with Crippen molar-refractivity contribution in [2.75, 3.05) is 5.43 Å². The summed E-state index contributed by atoms with van der Waals surface area (Å²) >= 11 is 22.8. The summed E-state index contributed by atoms with van der Waals surface area (Å²) in [4.78, 5) is 11.9. The van der Waals surface area contributed by atoms with Crippen molar-refractivity contribution in [3.8, 4) is 5.75 Å². The number of benzene rings is 1. The van der Waals surface area contributed by atoms with E-state index in [4.69, 9.17) is 47.0 Å². The lowest BCUT2D eigenvalue weighted by Crippen LogP contribution is -2.57. The van der Waals surface area contributed by atoms with Gasteiger partial charge in [0.05, 0.1) is 5.69 Å². The number of thiocarbonyl (C=S) groups is 1. The zero-order valence-corrected chi connectivity index (χ0v) is 16.7. The maximum Gasteiger partial charge on any atom is 0.228 e. The van der Waals surface area contributed by atoms with Crippen LogP contribution in [0.4, 0.5) is 5.69 Å². The predicted molar refractivity (Wildman–Crippen MR) is 107 cm³/mol. The van der Waals surface area contributed by atoms with Gasteiger partial charge in [0.1, 0.15) is 11.9 Å². The fourth-order valence-corrected chi connectivity index (χ4v) is 2.34. The Morgan fingerprint density at radius 3 is 2.52 bits per heavy atom. The van der Waals surface area contributed by atoms with Crippen LogP contribution in [0.15, 0.2) is 24.3 Å². The monoisotopic (exact) mass is 426 g/mol. The topological polar surface area (TPSA) is 85.4 Å². The van der Waals surface area contributed by atoms with E-state index in [-0.39, 0.29) is 16.8 Å². The zero-order chi connectivity index (χ0) is 18.9. The van der Waals surface area contributed by atoms with Gasteiger partial charge in [-0.05, 0) is 30.8 Å². The summed E-state index contributed by atoms with van der Waals surface area (Å²) in [5.74, 6) is -0.200. The van der Waals surface area contributed by atoms with E-state index in [1.165, 1.54) is 6.07 Å². The van der Waals surface area contributed by atoms with Crippen molar-refractivity contribution in [2.24, 2.45) is 0 Å². The van der Waals surface area contributed by atoms with Crippen molar-refractivity contribution in [1.29, 1.82) is 0 Å². The first-order valence-electron chi connectivity index (χ1n) is 7.70. The molecule has 1 aromatic rings. The molecule has 1 amide bonds. The van der Waals surface area contributed by atoms with Crippen LogP contribution in [0.25, 0.3) is 0 Å². The first-order valence-corrected chi connectivity index (χ1v) is 9.24. The molecule has 10 heteroatoms. The fraction of sp³-hybridized carbons (Fsp3) is 0.467. The smallest absolute Gasteiger partial charge is 0.228 e. The third kappa shape index (κ3) is 8.67. The SMILES string of the molecule is CCCCCC(=O)N[C@@H](NC(=S)NNc1ccccc1O)C(Cl)(Cl)Cl. The number of carbonyl (C=O) groups excluding carboxylic acids is 1. The van der Waals surface area contributed by atoms with Crippen molar-refractivity contribution in [3.05, 3.63) is 24.3 Å². The number of halogens is 3. The molecule has 0 fully saturated rings. The van der Waals surface area contributed by atoms with Crippen LogP contribution >= 0.6 is 47.0 Å². The molecular weight excluding hydrogens is 407 g/mol. The third-order valence-electron chi connectivity index (χ3n) is 3.13. The van der Waals surface area contributed by atoms with E-state index in [2.05, 4.69) is 21.5 Å². The molecule has 0 spiro atoms. The van der Waals surface area contributed by atoms with Crippen LogP contribution in [-0.2, 0) is 4.79 Å². The first kappa shape index (κ1) is 21.9. The summed E-state index contributed by atoms with van der Waals surface area (Å²) in [6, 6.07) is 6.58. The number of phenols is 1. The summed E-state index contributed by atoms with van der Waals surface area (Å²) in [5, 5.41) is 15.1. The van der Waals surface area contributed by atoms with Gasteiger partial charge in [0, 0.05) is 6.42 Å². The van der Waals surface area contributed by atoms with Gasteiger partial charge in [-0.3, -0.25) is 15.6 Å². The number of para-hydroxylation sites is 2. The van der Waals surface area contributed by atoms with Gasteiger partial charge in [-0.2, -0.15) is 0 Å². The minimum Gasteiger partial charge on any atom is -0.506 e. The Bertz CT molecular complexity index is 584. The number of aromatic hydroxyl groups is 1. The average Bonchev–Trinajstić information content (AvgIpc) is 2.53. The number of hydrogen-bond donors (Lipinski definition) is 5. The van der Waals surface area contributed by atoms with Gasteiger partial charge in [-0.15, -0.1) is 0 Å². The Morgan fingerprint density at radius 2 is 1.92 bits per heavy atom. The molecular formula is C15H21Cl3N4O2S. The minimum absolute atomic E-state index is 0.0416. The highest BCUT2D eigenvalue weighted by atomic mass is 35.6. The number of unbranched alkanes of at least 4 members (excludes halogenated alkanes) is 2. The second kappa shape index (κ2) is 10.8. The molecule has 1 aromatic carbocycles. The quantitative estimate of drug-likeness (QED) is 0.109. The number of amides is 1. The van der Waals surface area contributed by atoms with Gasteiger partial charge in [0.2, 0.25) is 9.70 Å². The minimum atomic E-state index is -1.80. The van der Waals surface area contributed by atoms with E-state index in [1.807, 2.05) is 6.92 Å². The molecule has 0 aromatic heterocycles. The Morgan fingerprint density at radius 1 is 1.24 bits per heavy atom. The molecule has 25 heavy (non-hydrogen) atoms. The van der Waals surface area contributed by atoms with Crippen molar-refractivity contribution in [1.82, 2.24) is 16.1 Å². The number of nitrogens with one attached hydrogen (secondary N) is 4. The van der Waals surface area contributed by atoms with E-state index in [9.17, 15) is 9.90 Å². The van der Waals surface area contributed by atoms with Gasteiger partial charge in [0.25, 0.3) is 0 Å². The Kier molecular flexibility index (Phi) is 9.42. The molecule has 1 rings (SSSR count). The highest BCUT2D eigenvalue weighted by molar-refractivity contribution is 7.80. The molecule has 0 unspecified atom stereocenters. The first-order chi connectivity index (χ1) is 11.7. The standard InChI is InChI=1S/C15H21Cl3N4O2S/c1-2-3-4-9-12(24)19-13(15(16,17)18)20-14(25)22-21-10-7-5-6-8-11(10)23/h5-8,13,21,23H,2-4,9H2,1H3,(H,19,24)(H2,20,22,25)/t13-/m0/s1. The molecule has 0 saturated heterocycles. The van der Waals surface area contributed by atoms with Crippen molar-refractivity contribution in [2.45, 2.75) is 42.6 Å². The van der Waals surface area contributed by atoms with Gasteiger partial charge in [-0.1, -0.05) is 66.7 Å². The molecule has 0 aliphatic heterocycles. The molecule has 6 nitrogen and oxygen atoms in total. The zero-order valence-electron chi connectivity index (χ0n) is 13.6. The maximum atomic E-state index is 11.9. The Labute approximate surface area is 167 Å². The van der Waals surface area contributed by atoms with Crippen LogP contribution in [0.2, 0.25) is 0 Å². The number of hydrogen-bond acceptors (Lipinski definition) is 4. The summed E-state index contributed by atoms with van der Waals surface area (Å²) in [7, 11) is 0. The number of hydrazine groups is 1. The summed E-state index contributed by atoms with van der Waals surface area (Å²) in [6.45, 7) is 2.05. The molecule has 0 aliphatic carbocycles. The third-order valence-corrected chi connectivity index (χ3v) is 4.00. The van der Waals surface area contributed by atoms with Crippen LogP contribution in [0.3, 0.4) is 0 Å². The van der Waals surface area contributed by atoms with E-state index < -0.39 is 9.96 Å². The Balaban J connectivity index is 2.55. The van der Waals surface area contributed by atoms with Crippen LogP contribution in [0.1, 0.15) is 32.6 Å². The largest absolute Gasteiger partial charge is 0.506 e. The molecule has 0 heterocycles. The molecule has 1 atom stereocenters. The Hall–Kier alpha value is -1.15. The maximum absolute atomic E-state index is 11.9. The van der Waals surface area contributed by atoms with E-state index in [0.29, 0.717) is 12.1 Å². The number of phenolic OH excluding ortho intramolecular Hbond substituents is 1. The van der Waals surface area contributed by atoms with Crippen LogP contribution in [0, 0.1) is 0 Å². The molecule has 0 radical (unpaired) electrons. The molecule has 140 valence electrons. The predicted octanol–water partition coefficient (Wildman–Crippen LogP) is 3.58. The van der Waals surface area contributed by atoms with E-state index in [1.54, 1.807) is 18.2 Å². The molecule has 0 saturated carbocycles. The highest BCUT2D eigenvalue weighted by Gasteiger charge is 2.34. The highest BCUT2D eigenvalue weighted by Crippen LogP contribution is 2.29. The summed E-state index contributed by atoms with van der Waals surface area (Å²) < 4.78 is -1.80. The van der Waals surface area contributed by atoms with Crippen LogP contribution in [0.5, 0.6) is 5.75 Å². The van der Waals surface area contributed by atoms with Crippen LogP contribution in [-0.4, -0.2) is 26.1 Å². The number of alkyl halides is 3. The van der Waals surface area contributed by atoms with Gasteiger partial charge in [-0.25, -0.2) is 0 Å². The lowest BCUT2D eigenvalue weighted by molar-refractivity contribution is -0.122. The fourth-order valence-electron chi connectivity index (χ4n) is 1.84. The second-order valence-corrected chi connectivity index (χ2v) is 8.02. The number of rotatable bonds is 8. The van der Waals surface area contributed by atoms with Gasteiger partial charge in [0.15, 0.2) is 5.11 Å². The summed E-state index contributed by atoms with van der Waals surface area (Å²) in [6.07, 6.45) is 2.03. The van der Waals surface area contributed by atoms with Crippen LogP contribution < -0.4 is 21.5 Å². The van der Waals surface area contributed by atoms with Crippen molar-refractivity contribution in [3.63, 3.8) is 0 Å². The second-order valence-electron chi connectivity index (χ2n) is 5.24. The average molecular weight is 428 g/mol. The van der Waals surface area contributed by atoms with E-state index in [0.717, 1.165) is 19.3 Å². The molecule has 5 N–H and O–H groups in total. The lowest BCUT2D eigenvalue weighted by Gasteiger charge is -2.28. The van der Waals surface area contributed by atoms with E-state index >= 15 is 0 Å². The lowest BCUT2D eigenvalue weighted by atomic mass is 10.2. The summed E-state index contributed by atoms with van der Waals surface area (Å²) in [5.41, 5.74) is 5.79. The molecule has 0 bridgehead atoms. The van der Waals surface area contributed by atoms with Crippen molar-refractivity contribution < 1.29 is 9.90 Å². The van der Waals surface area contributed by atoms with Gasteiger partial charge >= 0.3 is 0 Å². The van der Waals surface area contributed by atoms with Crippen molar-refractivity contribution >= 4 is 63.7 Å². The normalized spacial score (nSPS) is 12.2. The van der Waals surface area contributed by atoms with Gasteiger partial charge < -0.3 is 15.7 Å². The number of anilines is 1.